The Morgan fingerprint density at radius 3 is 2.08 bits per heavy atom. The molecule has 0 unspecified atom stereocenters. The molecule has 0 amide bonds. The van der Waals surface area contributed by atoms with Gasteiger partial charge in [0.15, 0.2) is 9.84 Å². The number of nitrogens with zero attached hydrogens (tertiary/aromatic N) is 1. The summed E-state index contributed by atoms with van der Waals surface area (Å²) in [4.78, 5) is 2.00. The Balaban J connectivity index is 2.27. The van der Waals surface area contributed by atoms with E-state index in [1.807, 2.05) is 19.0 Å². The van der Waals surface area contributed by atoms with E-state index in [2.05, 4.69) is 4.74 Å². The molecule has 0 aliphatic rings. The molecule has 0 fully saturated rings. The molecule has 26 heavy (non-hydrogen) atoms. The maximum Gasteiger partial charge on any atom is 0.573 e. The molecule has 2 aromatic carbocycles. The van der Waals surface area contributed by atoms with Crippen LogP contribution in [0.3, 0.4) is 0 Å². The highest BCUT2D eigenvalue weighted by Crippen LogP contribution is 2.30. The Morgan fingerprint density at radius 1 is 1.00 bits per heavy atom. The van der Waals surface area contributed by atoms with Crippen LogP contribution in [-0.2, 0) is 16.4 Å². The van der Waals surface area contributed by atoms with Crippen molar-refractivity contribution in [2.24, 2.45) is 0 Å². The molecule has 0 aliphatic carbocycles. The van der Waals surface area contributed by atoms with Crippen LogP contribution in [0, 0.1) is 0 Å². The summed E-state index contributed by atoms with van der Waals surface area (Å²) >= 11 is 0. The number of ether oxygens (including phenoxy) is 2. The quantitative estimate of drug-likeness (QED) is 0.751. The Hall–Kier alpha value is -2.26. The van der Waals surface area contributed by atoms with Crippen LogP contribution >= 0.6 is 0 Å². The first-order chi connectivity index (χ1) is 11.9. The number of sulfone groups is 1. The molecule has 0 bridgehead atoms. The fraction of sp³-hybridized carbons (Fsp3) is 0.294. The molecule has 2 aromatic rings. The monoisotopic (exact) mass is 389 g/mol. The van der Waals surface area contributed by atoms with Crippen molar-refractivity contribution in [3.05, 3.63) is 48.0 Å². The molecule has 0 aliphatic heterocycles. The van der Waals surface area contributed by atoms with E-state index in [1.54, 1.807) is 0 Å². The second-order valence-electron chi connectivity index (χ2n) is 5.90. The van der Waals surface area contributed by atoms with Gasteiger partial charge in [-0.3, -0.25) is 0 Å². The van der Waals surface area contributed by atoms with Crippen molar-refractivity contribution in [3.63, 3.8) is 0 Å². The minimum absolute atomic E-state index is 0.163. The molecular formula is C17H18F3NO4S. The van der Waals surface area contributed by atoms with E-state index in [1.165, 1.54) is 30.3 Å². The number of hydrogen-bond donors (Lipinski definition) is 0. The zero-order valence-electron chi connectivity index (χ0n) is 14.4. The van der Waals surface area contributed by atoms with E-state index >= 15 is 0 Å². The van der Waals surface area contributed by atoms with E-state index in [4.69, 9.17) is 4.74 Å². The van der Waals surface area contributed by atoms with Crippen LogP contribution in [0.1, 0.15) is 5.56 Å². The average molecular weight is 389 g/mol. The highest BCUT2D eigenvalue weighted by Gasteiger charge is 2.31. The van der Waals surface area contributed by atoms with Crippen molar-refractivity contribution < 1.29 is 31.1 Å². The van der Waals surface area contributed by atoms with Gasteiger partial charge in [-0.15, -0.1) is 13.2 Å². The van der Waals surface area contributed by atoms with Gasteiger partial charge in [0, 0.05) is 18.4 Å². The summed E-state index contributed by atoms with van der Waals surface area (Å²) in [6.45, 7) is 0.425. The molecule has 5 nitrogen and oxygen atoms in total. The molecular weight excluding hydrogens is 371 g/mol. The van der Waals surface area contributed by atoms with Gasteiger partial charge >= 0.3 is 6.36 Å². The topological polar surface area (TPSA) is 55.8 Å². The highest BCUT2D eigenvalue weighted by atomic mass is 32.2. The van der Waals surface area contributed by atoms with E-state index in [0.29, 0.717) is 23.6 Å². The predicted octanol–water partition coefficient (Wildman–Crippen LogP) is 3.84. The second-order valence-corrected chi connectivity index (χ2v) is 7.92. The fourth-order valence-electron chi connectivity index (χ4n) is 2.19. The Morgan fingerprint density at radius 2 is 1.58 bits per heavy atom. The van der Waals surface area contributed by atoms with Crippen molar-refractivity contribution in [1.82, 2.24) is 4.90 Å². The summed E-state index contributed by atoms with van der Waals surface area (Å²) in [6, 6.07) is 9.42. The fourth-order valence-corrected chi connectivity index (χ4v) is 2.86. The van der Waals surface area contributed by atoms with Crippen LogP contribution in [0.2, 0.25) is 0 Å². The van der Waals surface area contributed by atoms with Crippen molar-refractivity contribution in [2.45, 2.75) is 17.8 Å². The Kier molecular flexibility index (Phi) is 5.82. The molecule has 0 spiro atoms. The number of benzene rings is 2. The largest absolute Gasteiger partial charge is 0.573 e. The van der Waals surface area contributed by atoms with Gasteiger partial charge in [0.05, 0.1) is 4.90 Å². The molecule has 142 valence electrons. The number of rotatable bonds is 6. The summed E-state index contributed by atoms with van der Waals surface area (Å²) in [7, 11) is 0.268. The molecule has 2 rings (SSSR count). The molecule has 0 atom stereocenters. The van der Waals surface area contributed by atoms with Gasteiger partial charge in [-0.1, -0.05) is 0 Å². The predicted molar refractivity (Wildman–Crippen MR) is 90.1 cm³/mol. The lowest BCUT2D eigenvalue weighted by Crippen LogP contribution is -2.16. The van der Waals surface area contributed by atoms with Gasteiger partial charge in [0.2, 0.25) is 0 Å². The van der Waals surface area contributed by atoms with Crippen molar-refractivity contribution in [1.29, 1.82) is 0 Å². The van der Waals surface area contributed by atoms with Gasteiger partial charge in [-0.2, -0.15) is 0 Å². The third kappa shape index (κ3) is 5.92. The molecule has 0 heterocycles. The van der Waals surface area contributed by atoms with Crippen LogP contribution in [0.25, 0.3) is 0 Å². The standard InChI is InChI=1S/C17H18F3NO4S/c1-21(2)11-12-10-15(26(3,22)23)8-9-16(12)24-13-4-6-14(7-5-13)25-17(18,19)20/h4-10H,11H2,1-3H3. The molecule has 9 heteroatoms. The van der Waals surface area contributed by atoms with Gasteiger partial charge in [-0.05, 0) is 56.6 Å². The Labute approximate surface area is 149 Å². The lowest BCUT2D eigenvalue weighted by atomic mass is 10.2. The molecule has 0 saturated heterocycles. The summed E-state index contributed by atoms with van der Waals surface area (Å²) in [5.74, 6) is 0.355. The lowest BCUT2D eigenvalue weighted by molar-refractivity contribution is -0.274. The first kappa shape index (κ1) is 20.1. The van der Waals surface area contributed by atoms with E-state index in [9.17, 15) is 21.6 Å². The SMILES string of the molecule is CN(C)Cc1cc(S(C)(=O)=O)ccc1Oc1ccc(OC(F)(F)F)cc1. The lowest BCUT2D eigenvalue weighted by Gasteiger charge is -2.16. The number of hydrogen-bond acceptors (Lipinski definition) is 5. The molecule has 0 radical (unpaired) electrons. The third-order valence-electron chi connectivity index (χ3n) is 3.23. The normalized spacial score (nSPS) is 12.3. The number of alkyl halides is 3. The maximum absolute atomic E-state index is 12.2. The maximum atomic E-state index is 12.2. The highest BCUT2D eigenvalue weighted by molar-refractivity contribution is 7.90. The zero-order chi connectivity index (χ0) is 19.5. The van der Waals surface area contributed by atoms with Gasteiger partial charge in [-0.25, -0.2) is 8.42 Å². The summed E-state index contributed by atoms with van der Waals surface area (Å²) in [5.41, 5.74) is 0.633. The van der Waals surface area contributed by atoms with Crippen LogP contribution in [0.4, 0.5) is 13.2 Å². The van der Waals surface area contributed by atoms with Gasteiger partial charge in [0.1, 0.15) is 17.2 Å². The van der Waals surface area contributed by atoms with Crippen molar-refractivity contribution in [3.8, 4) is 17.2 Å². The summed E-state index contributed by atoms with van der Waals surface area (Å²) in [5, 5.41) is 0. The smallest absolute Gasteiger partial charge is 0.457 e. The Bertz CT molecular complexity index is 863. The van der Waals surface area contributed by atoms with Crippen LogP contribution in [0.15, 0.2) is 47.4 Å². The van der Waals surface area contributed by atoms with E-state index < -0.39 is 16.2 Å². The summed E-state index contributed by atoms with van der Waals surface area (Å²) in [6.07, 6.45) is -3.65. The van der Waals surface area contributed by atoms with Crippen molar-refractivity contribution in [2.75, 3.05) is 20.4 Å². The van der Waals surface area contributed by atoms with E-state index in [-0.39, 0.29) is 10.6 Å². The van der Waals surface area contributed by atoms with Gasteiger partial charge in [0.25, 0.3) is 0 Å². The molecule has 0 saturated carbocycles. The third-order valence-corrected chi connectivity index (χ3v) is 4.34. The van der Waals surface area contributed by atoms with Crippen LogP contribution in [0.5, 0.6) is 17.2 Å². The van der Waals surface area contributed by atoms with Gasteiger partial charge < -0.3 is 14.4 Å². The minimum Gasteiger partial charge on any atom is -0.457 e. The van der Waals surface area contributed by atoms with E-state index in [0.717, 1.165) is 18.4 Å². The van der Waals surface area contributed by atoms with Crippen molar-refractivity contribution >= 4 is 9.84 Å². The van der Waals surface area contributed by atoms with Crippen LogP contribution in [-0.4, -0.2) is 40.0 Å². The molecule has 0 aromatic heterocycles. The average Bonchev–Trinajstić information content (AvgIpc) is 2.48. The molecule has 0 N–H and O–H groups in total. The minimum atomic E-state index is -4.76. The van der Waals surface area contributed by atoms with Crippen LogP contribution < -0.4 is 9.47 Å². The number of halogens is 3. The summed E-state index contributed by atoms with van der Waals surface area (Å²) < 4.78 is 69.5. The zero-order valence-corrected chi connectivity index (χ0v) is 15.2. The first-order valence-corrected chi connectivity index (χ1v) is 9.34. The first-order valence-electron chi connectivity index (χ1n) is 7.45. The second kappa shape index (κ2) is 7.55.